The van der Waals surface area contributed by atoms with E-state index in [1.165, 1.54) is 0 Å². The van der Waals surface area contributed by atoms with Crippen LogP contribution < -0.4 is 4.90 Å². The molecule has 1 aromatic carbocycles. The highest BCUT2D eigenvalue weighted by Gasteiger charge is 2.25. The highest BCUT2D eigenvalue weighted by molar-refractivity contribution is 6.29. The van der Waals surface area contributed by atoms with Crippen LogP contribution in [0.15, 0.2) is 47.0 Å². The first-order valence-corrected chi connectivity index (χ1v) is 9.49. The summed E-state index contributed by atoms with van der Waals surface area (Å²) in [7, 11) is 0. The molecule has 4 heterocycles. The van der Waals surface area contributed by atoms with Crippen LogP contribution in [-0.4, -0.2) is 62.4 Å². The van der Waals surface area contributed by atoms with E-state index in [2.05, 4.69) is 25.4 Å². The number of piperazine rings is 1. The molecule has 1 aliphatic rings. The molecule has 0 atom stereocenters. The van der Waals surface area contributed by atoms with Crippen LogP contribution in [0.5, 0.6) is 0 Å². The van der Waals surface area contributed by atoms with Crippen LogP contribution in [0.4, 0.5) is 6.01 Å². The minimum Gasteiger partial charge on any atom is -0.422 e. The summed E-state index contributed by atoms with van der Waals surface area (Å²) in [6.45, 7) is 2.42. The second-order valence-electron chi connectivity index (χ2n) is 6.66. The van der Waals surface area contributed by atoms with Gasteiger partial charge < -0.3 is 14.2 Å². The molecule has 29 heavy (non-hydrogen) atoms. The number of anilines is 1. The van der Waals surface area contributed by atoms with Gasteiger partial charge in [0.1, 0.15) is 10.8 Å². The Morgan fingerprint density at radius 3 is 2.55 bits per heavy atom. The normalized spacial score (nSPS) is 14.5. The molecule has 1 N–H and O–H groups in total. The number of halogens is 1. The number of amides is 1. The summed E-state index contributed by atoms with van der Waals surface area (Å²) in [6, 6.07) is 11.3. The van der Waals surface area contributed by atoms with E-state index < -0.39 is 0 Å². The van der Waals surface area contributed by atoms with Crippen molar-refractivity contribution in [2.24, 2.45) is 0 Å². The van der Waals surface area contributed by atoms with Gasteiger partial charge in [-0.2, -0.15) is 20.4 Å². The number of pyridine rings is 1. The molecule has 1 saturated heterocycles. The third kappa shape index (κ3) is 3.40. The summed E-state index contributed by atoms with van der Waals surface area (Å²) in [5, 5.41) is 10.8. The molecule has 4 aromatic rings. The predicted octanol–water partition coefficient (Wildman–Crippen LogP) is 2.62. The highest BCUT2D eigenvalue weighted by atomic mass is 35.5. The summed E-state index contributed by atoms with van der Waals surface area (Å²) in [4.78, 5) is 25.2. The lowest BCUT2D eigenvalue weighted by Crippen LogP contribution is -2.48. The van der Waals surface area contributed by atoms with Crippen molar-refractivity contribution in [1.82, 2.24) is 30.3 Å². The van der Waals surface area contributed by atoms with Crippen molar-refractivity contribution in [3.05, 3.63) is 53.3 Å². The van der Waals surface area contributed by atoms with Crippen LogP contribution in [0.1, 0.15) is 10.4 Å². The van der Waals surface area contributed by atoms with E-state index in [-0.39, 0.29) is 5.91 Å². The topological polar surface area (TPSA) is 104 Å². The molecule has 1 fully saturated rings. The number of aromatic amines is 1. The van der Waals surface area contributed by atoms with Crippen molar-refractivity contribution in [3.63, 3.8) is 0 Å². The number of carbonyl (C=O) groups is 1. The van der Waals surface area contributed by atoms with Crippen LogP contribution >= 0.6 is 11.6 Å². The van der Waals surface area contributed by atoms with Crippen molar-refractivity contribution in [2.45, 2.75) is 0 Å². The Labute approximate surface area is 170 Å². The number of H-pyrrole nitrogens is 1. The zero-order valence-electron chi connectivity index (χ0n) is 15.2. The molecular formula is C19H16ClN7O2. The second-order valence-corrected chi connectivity index (χ2v) is 7.05. The monoisotopic (exact) mass is 409 g/mol. The minimum absolute atomic E-state index is 0.00219. The number of oxazole rings is 1. The molecule has 3 aromatic heterocycles. The Bertz CT molecular complexity index is 1150. The molecule has 1 amide bonds. The summed E-state index contributed by atoms with van der Waals surface area (Å²) in [6.07, 6.45) is 1.64. The van der Waals surface area contributed by atoms with Gasteiger partial charge >= 0.3 is 0 Å². The molecule has 5 rings (SSSR count). The molecule has 0 bridgehead atoms. The van der Waals surface area contributed by atoms with Crippen molar-refractivity contribution in [1.29, 1.82) is 0 Å². The standard InChI is InChI=1S/C19H16ClN7O2/c20-16-6-5-15-17(22-16)23-19(29-15)27-9-7-26(8-10-27)18(28)13-3-1-12(2-4-13)14-11-21-25-24-14/h1-6,11H,7-10H2,(H,21,24,25). The van der Waals surface area contributed by atoms with Gasteiger partial charge in [0.15, 0.2) is 5.58 Å². The Kier molecular flexibility index (Phi) is 4.36. The quantitative estimate of drug-likeness (QED) is 0.518. The van der Waals surface area contributed by atoms with E-state index in [0.29, 0.717) is 54.1 Å². The molecular weight excluding hydrogens is 394 g/mol. The molecule has 0 unspecified atom stereocenters. The van der Waals surface area contributed by atoms with Crippen LogP contribution in [0.2, 0.25) is 5.15 Å². The maximum Gasteiger partial charge on any atom is 0.300 e. The third-order valence-corrected chi connectivity index (χ3v) is 5.10. The second kappa shape index (κ2) is 7.17. The van der Waals surface area contributed by atoms with Crippen molar-refractivity contribution in [3.8, 4) is 11.3 Å². The molecule has 146 valence electrons. The van der Waals surface area contributed by atoms with E-state index in [1.807, 2.05) is 34.1 Å². The van der Waals surface area contributed by atoms with Gasteiger partial charge in [-0.3, -0.25) is 4.79 Å². The van der Waals surface area contributed by atoms with Crippen molar-refractivity contribution >= 4 is 34.8 Å². The maximum absolute atomic E-state index is 12.8. The Morgan fingerprint density at radius 1 is 1.03 bits per heavy atom. The number of benzene rings is 1. The first kappa shape index (κ1) is 17.6. The van der Waals surface area contributed by atoms with Gasteiger partial charge in [-0.15, -0.1) is 0 Å². The number of nitrogens with one attached hydrogen (secondary N) is 1. The SMILES string of the molecule is O=C(c1ccc(-c2cn[nH]n2)cc1)N1CCN(c2nc3nc(Cl)ccc3o2)CC1. The Hall–Kier alpha value is -3.46. The van der Waals surface area contributed by atoms with Gasteiger partial charge in [0.05, 0.1) is 6.20 Å². The molecule has 0 saturated carbocycles. The zero-order valence-corrected chi connectivity index (χ0v) is 16.0. The summed E-state index contributed by atoms with van der Waals surface area (Å²) in [5.74, 6) is 0.00219. The number of fused-ring (bicyclic) bond motifs is 1. The molecule has 9 nitrogen and oxygen atoms in total. The minimum atomic E-state index is 0.00219. The third-order valence-electron chi connectivity index (χ3n) is 4.89. The average Bonchev–Trinajstić information content (AvgIpc) is 3.43. The fraction of sp³-hybridized carbons (Fsp3) is 0.211. The van der Waals surface area contributed by atoms with Crippen LogP contribution in [0.3, 0.4) is 0 Å². The Morgan fingerprint density at radius 2 is 1.83 bits per heavy atom. The van der Waals surface area contributed by atoms with Gasteiger partial charge in [0, 0.05) is 37.3 Å². The molecule has 0 radical (unpaired) electrons. The van der Waals surface area contributed by atoms with Gasteiger partial charge in [-0.1, -0.05) is 23.7 Å². The van der Waals surface area contributed by atoms with Crippen LogP contribution in [0.25, 0.3) is 22.5 Å². The zero-order chi connectivity index (χ0) is 19.8. The number of rotatable bonds is 3. The average molecular weight is 410 g/mol. The lowest BCUT2D eigenvalue weighted by molar-refractivity contribution is 0.0745. The number of hydrogen-bond acceptors (Lipinski definition) is 7. The molecule has 0 spiro atoms. The maximum atomic E-state index is 12.8. The van der Waals surface area contributed by atoms with Crippen LogP contribution in [-0.2, 0) is 0 Å². The Balaban J connectivity index is 1.25. The predicted molar refractivity (Wildman–Crippen MR) is 107 cm³/mol. The van der Waals surface area contributed by atoms with Gasteiger partial charge in [0.25, 0.3) is 11.9 Å². The lowest BCUT2D eigenvalue weighted by Gasteiger charge is -2.33. The summed E-state index contributed by atoms with van der Waals surface area (Å²) < 4.78 is 5.77. The van der Waals surface area contributed by atoms with E-state index in [0.717, 1.165) is 11.3 Å². The molecule has 1 aliphatic heterocycles. The largest absolute Gasteiger partial charge is 0.422 e. The van der Waals surface area contributed by atoms with E-state index in [1.54, 1.807) is 18.3 Å². The highest BCUT2D eigenvalue weighted by Crippen LogP contribution is 2.23. The number of carbonyl (C=O) groups excluding carboxylic acids is 1. The smallest absolute Gasteiger partial charge is 0.300 e. The molecule has 0 aliphatic carbocycles. The first-order chi connectivity index (χ1) is 14.2. The summed E-state index contributed by atoms with van der Waals surface area (Å²) >= 11 is 5.91. The lowest BCUT2D eigenvalue weighted by atomic mass is 10.1. The van der Waals surface area contributed by atoms with E-state index in [4.69, 9.17) is 16.0 Å². The van der Waals surface area contributed by atoms with E-state index >= 15 is 0 Å². The number of hydrogen-bond donors (Lipinski definition) is 1. The first-order valence-electron chi connectivity index (χ1n) is 9.11. The summed E-state index contributed by atoms with van der Waals surface area (Å²) in [5.41, 5.74) is 3.37. The fourth-order valence-electron chi connectivity index (χ4n) is 3.33. The van der Waals surface area contributed by atoms with Crippen LogP contribution in [0, 0.1) is 0 Å². The van der Waals surface area contributed by atoms with Crippen molar-refractivity contribution in [2.75, 3.05) is 31.1 Å². The van der Waals surface area contributed by atoms with Gasteiger partial charge in [0.2, 0.25) is 5.65 Å². The van der Waals surface area contributed by atoms with E-state index in [9.17, 15) is 4.79 Å². The fourth-order valence-corrected chi connectivity index (χ4v) is 3.47. The van der Waals surface area contributed by atoms with Gasteiger partial charge in [-0.25, -0.2) is 4.98 Å². The number of aromatic nitrogens is 5. The van der Waals surface area contributed by atoms with Crippen molar-refractivity contribution < 1.29 is 9.21 Å². The number of nitrogens with zero attached hydrogens (tertiary/aromatic N) is 6. The van der Waals surface area contributed by atoms with Gasteiger partial charge in [-0.05, 0) is 24.3 Å². The molecule has 10 heteroatoms.